The molecular weight excluding hydrogens is 458 g/mol. The summed E-state index contributed by atoms with van der Waals surface area (Å²) in [5.41, 5.74) is 1.87. The number of ether oxygens (including phenoxy) is 3. The molecule has 2 aromatic carbocycles. The fourth-order valence-corrected chi connectivity index (χ4v) is 4.63. The van der Waals surface area contributed by atoms with Gasteiger partial charge in [0.1, 0.15) is 5.75 Å². The molecule has 1 saturated heterocycles. The monoisotopic (exact) mass is 483 g/mol. The van der Waals surface area contributed by atoms with Crippen molar-refractivity contribution in [1.29, 1.82) is 0 Å². The number of benzene rings is 2. The molecule has 1 fully saturated rings. The number of hydrogen-bond donors (Lipinski definition) is 1. The molecule has 1 amide bonds. The number of carbonyl (C=O) groups is 2. The Hall–Kier alpha value is -3.66. The van der Waals surface area contributed by atoms with Gasteiger partial charge in [-0.15, -0.1) is 0 Å². The molecule has 0 unspecified atom stereocenters. The van der Waals surface area contributed by atoms with Gasteiger partial charge in [0.2, 0.25) is 0 Å². The van der Waals surface area contributed by atoms with Crippen LogP contribution in [0.2, 0.25) is 0 Å². The summed E-state index contributed by atoms with van der Waals surface area (Å²) in [5, 5.41) is 9.50. The Kier molecular flexibility index (Phi) is 7.27. The van der Waals surface area contributed by atoms with Crippen LogP contribution in [0.3, 0.4) is 0 Å². The number of hydrogen-bond acceptors (Lipinski definition) is 8. The standard InChI is InChI=1S/C24H25N3O6S/c1-31-18-6-4-17(5-7-18)26-9-11-27(12-10-26)24-25-23(30)21(34-24)14-16-3-8-19(20(13-16)32-2)33-15-22(28)29/h3-8,13-14H,9-12,15H2,1-2H3,(H,28,29)/b21-14-. The highest BCUT2D eigenvalue weighted by atomic mass is 32.2. The first-order chi connectivity index (χ1) is 16.5. The lowest BCUT2D eigenvalue weighted by molar-refractivity contribution is -0.139. The van der Waals surface area contributed by atoms with Gasteiger partial charge >= 0.3 is 5.97 Å². The maximum Gasteiger partial charge on any atom is 0.341 e. The van der Waals surface area contributed by atoms with Crippen LogP contribution in [0.25, 0.3) is 6.08 Å². The molecule has 2 aromatic rings. The first-order valence-electron chi connectivity index (χ1n) is 10.7. The lowest BCUT2D eigenvalue weighted by atomic mass is 10.2. The Labute approximate surface area is 201 Å². The molecule has 1 N–H and O–H groups in total. The molecule has 9 nitrogen and oxygen atoms in total. The zero-order valence-electron chi connectivity index (χ0n) is 18.9. The molecule has 178 valence electrons. The molecule has 2 heterocycles. The number of carboxylic acid groups (broad SMARTS) is 1. The predicted octanol–water partition coefficient (Wildman–Crippen LogP) is 2.96. The number of thioether (sulfide) groups is 1. The SMILES string of the molecule is COc1ccc(N2CCN(C3=NC(=O)/C(=C/c4ccc(OCC(=O)O)c(OC)c4)S3)CC2)cc1. The number of piperazine rings is 1. The van der Waals surface area contributed by atoms with Gasteiger partial charge in [-0.3, -0.25) is 4.79 Å². The normalized spacial score (nSPS) is 17.1. The number of amidine groups is 1. The van der Waals surface area contributed by atoms with Crippen molar-refractivity contribution in [3.05, 3.63) is 52.9 Å². The average Bonchev–Trinajstić information content (AvgIpc) is 3.23. The number of carboxylic acids is 1. The summed E-state index contributed by atoms with van der Waals surface area (Å²) in [7, 11) is 3.13. The van der Waals surface area contributed by atoms with E-state index in [0.717, 1.165) is 43.2 Å². The number of anilines is 1. The fraction of sp³-hybridized carbons (Fsp3) is 0.292. The van der Waals surface area contributed by atoms with Crippen LogP contribution in [-0.2, 0) is 9.59 Å². The Morgan fingerprint density at radius 2 is 1.74 bits per heavy atom. The highest BCUT2D eigenvalue weighted by Crippen LogP contribution is 2.34. The van der Waals surface area contributed by atoms with E-state index >= 15 is 0 Å². The predicted molar refractivity (Wildman–Crippen MR) is 131 cm³/mol. The number of amides is 1. The second kappa shape index (κ2) is 10.5. The molecule has 0 radical (unpaired) electrons. The smallest absolute Gasteiger partial charge is 0.341 e. The molecular formula is C24H25N3O6S. The Balaban J connectivity index is 1.38. The minimum absolute atomic E-state index is 0.275. The number of aliphatic imine (C=N–C) groups is 1. The second-order valence-electron chi connectivity index (χ2n) is 7.58. The Morgan fingerprint density at radius 1 is 1.03 bits per heavy atom. The zero-order chi connectivity index (χ0) is 24.1. The third-order valence-electron chi connectivity index (χ3n) is 5.43. The molecule has 0 aromatic heterocycles. The molecule has 2 aliphatic rings. The van der Waals surface area contributed by atoms with E-state index in [1.165, 1.54) is 18.9 Å². The van der Waals surface area contributed by atoms with Crippen molar-refractivity contribution in [2.24, 2.45) is 4.99 Å². The second-order valence-corrected chi connectivity index (χ2v) is 8.58. The van der Waals surface area contributed by atoms with Crippen LogP contribution in [0.1, 0.15) is 5.56 Å². The van der Waals surface area contributed by atoms with Crippen molar-refractivity contribution in [3.63, 3.8) is 0 Å². The summed E-state index contributed by atoms with van der Waals surface area (Å²) in [6, 6.07) is 13.1. The third-order valence-corrected chi connectivity index (χ3v) is 6.48. The topological polar surface area (TPSA) is 101 Å². The minimum atomic E-state index is -1.07. The van der Waals surface area contributed by atoms with Crippen molar-refractivity contribution in [3.8, 4) is 17.2 Å². The van der Waals surface area contributed by atoms with Crippen LogP contribution in [0.15, 0.2) is 52.4 Å². The number of nitrogens with zero attached hydrogens (tertiary/aromatic N) is 3. The van der Waals surface area contributed by atoms with Crippen molar-refractivity contribution < 1.29 is 28.9 Å². The fourth-order valence-electron chi connectivity index (χ4n) is 3.67. The summed E-state index contributed by atoms with van der Waals surface area (Å²) in [5.74, 6) is 0.196. The highest BCUT2D eigenvalue weighted by molar-refractivity contribution is 8.18. The average molecular weight is 484 g/mol. The first kappa shape index (κ1) is 23.5. The quantitative estimate of drug-likeness (QED) is 0.596. The summed E-state index contributed by atoms with van der Waals surface area (Å²) in [4.78, 5) is 32.5. The molecule has 4 rings (SSSR count). The van der Waals surface area contributed by atoms with Crippen LogP contribution >= 0.6 is 11.8 Å². The van der Waals surface area contributed by atoms with Gasteiger partial charge in [-0.05, 0) is 59.8 Å². The Bertz CT molecular complexity index is 1120. The van der Waals surface area contributed by atoms with E-state index in [1.54, 1.807) is 31.4 Å². The number of methoxy groups -OCH3 is 2. The zero-order valence-corrected chi connectivity index (χ0v) is 19.7. The van der Waals surface area contributed by atoms with Crippen LogP contribution in [-0.4, -0.2) is 74.1 Å². The van der Waals surface area contributed by atoms with Crippen LogP contribution < -0.4 is 19.1 Å². The van der Waals surface area contributed by atoms with E-state index < -0.39 is 12.6 Å². The van der Waals surface area contributed by atoms with Crippen molar-refractivity contribution >= 4 is 40.6 Å². The number of carbonyl (C=O) groups excluding carboxylic acids is 1. The van der Waals surface area contributed by atoms with Crippen molar-refractivity contribution in [2.75, 3.05) is 51.9 Å². The molecule has 10 heteroatoms. The molecule has 34 heavy (non-hydrogen) atoms. The largest absolute Gasteiger partial charge is 0.497 e. The van der Waals surface area contributed by atoms with E-state index in [2.05, 4.69) is 14.8 Å². The van der Waals surface area contributed by atoms with E-state index in [-0.39, 0.29) is 5.91 Å². The van der Waals surface area contributed by atoms with Crippen molar-refractivity contribution in [2.45, 2.75) is 0 Å². The molecule has 0 atom stereocenters. The lowest BCUT2D eigenvalue weighted by Crippen LogP contribution is -2.47. The third kappa shape index (κ3) is 5.45. The first-order valence-corrected chi connectivity index (χ1v) is 11.5. The maximum atomic E-state index is 12.5. The molecule has 0 spiro atoms. The summed E-state index contributed by atoms with van der Waals surface area (Å²) in [6.07, 6.45) is 1.75. The van der Waals surface area contributed by atoms with E-state index in [9.17, 15) is 9.59 Å². The van der Waals surface area contributed by atoms with Crippen LogP contribution in [0.5, 0.6) is 17.2 Å². The summed E-state index contributed by atoms with van der Waals surface area (Å²) < 4.78 is 15.8. The van der Waals surface area contributed by atoms with Crippen LogP contribution in [0, 0.1) is 0 Å². The number of aliphatic carboxylic acids is 1. The molecule has 0 aliphatic carbocycles. The number of rotatable bonds is 7. The van der Waals surface area contributed by atoms with Gasteiger partial charge < -0.3 is 29.1 Å². The van der Waals surface area contributed by atoms with Gasteiger partial charge in [-0.2, -0.15) is 4.99 Å². The summed E-state index contributed by atoms with van der Waals surface area (Å²) in [6.45, 7) is 2.72. The van der Waals surface area contributed by atoms with Gasteiger partial charge in [0, 0.05) is 31.9 Å². The van der Waals surface area contributed by atoms with Gasteiger partial charge in [0.05, 0.1) is 19.1 Å². The van der Waals surface area contributed by atoms with Crippen LogP contribution in [0.4, 0.5) is 5.69 Å². The lowest BCUT2D eigenvalue weighted by Gasteiger charge is -2.36. The van der Waals surface area contributed by atoms with E-state index in [0.29, 0.717) is 21.6 Å². The molecule has 0 bridgehead atoms. The Morgan fingerprint density at radius 3 is 2.38 bits per heavy atom. The molecule has 0 saturated carbocycles. The summed E-state index contributed by atoms with van der Waals surface area (Å²) >= 11 is 1.36. The van der Waals surface area contributed by atoms with Gasteiger partial charge in [-0.1, -0.05) is 6.07 Å². The van der Waals surface area contributed by atoms with Gasteiger partial charge in [-0.25, -0.2) is 4.79 Å². The highest BCUT2D eigenvalue weighted by Gasteiger charge is 2.28. The van der Waals surface area contributed by atoms with Gasteiger partial charge in [0.15, 0.2) is 23.3 Å². The van der Waals surface area contributed by atoms with E-state index in [4.69, 9.17) is 19.3 Å². The molecule has 2 aliphatic heterocycles. The van der Waals surface area contributed by atoms with E-state index in [1.807, 2.05) is 24.3 Å². The van der Waals surface area contributed by atoms with Gasteiger partial charge in [0.25, 0.3) is 5.91 Å². The maximum absolute atomic E-state index is 12.5. The minimum Gasteiger partial charge on any atom is -0.497 e. The van der Waals surface area contributed by atoms with Crippen molar-refractivity contribution in [1.82, 2.24) is 4.90 Å².